The topological polar surface area (TPSA) is 23.6 Å². The van der Waals surface area contributed by atoms with Gasteiger partial charge in [0.25, 0.3) is 0 Å². The molecule has 2 rings (SSSR count). The molecule has 0 bridgehead atoms. The lowest BCUT2D eigenvalue weighted by Gasteiger charge is -2.31. The maximum absolute atomic E-state index is 12.2. The summed E-state index contributed by atoms with van der Waals surface area (Å²) in [5, 5.41) is 0. The number of likely N-dealkylation sites (tertiary alicyclic amines) is 2. The molecule has 0 aromatic rings. The fourth-order valence-corrected chi connectivity index (χ4v) is 2.76. The van der Waals surface area contributed by atoms with Gasteiger partial charge in [0.05, 0.1) is 5.92 Å². The van der Waals surface area contributed by atoms with E-state index in [1.54, 1.807) is 0 Å². The van der Waals surface area contributed by atoms with E-state index < -0.39 is 0 Å². The fourth-order valence-electron chi connectivity index (χ4n) is 2.76. The molecule has 2 aliphatic rings. The van der Waals surface area contributed by atoms with Crippen LogP contribution in [-0.2, 0) is 4.79 Å². The van der Waals surface area contributed by atoms with Gasteiger partial charge in [-0.2, -0.15) is 0 Å². The molecular formula is C14H28N2O. The van der Waals surface area contributed by atoms with Gasteiger partial charge < -0.3 is 9.80 Å². The number of carbonyl (C=O) groups excluding carboxylic acids is 1. The largest absolute Gasteiger partial charge is 0.342 e. The van der Waals surface area contributed by atoms with Crippen LogP contribution in [0.25, 0.3) is 0 Å². The molecule has 0 saturated carbocycles. The highest BCUT2D eigenvalue weighted by atomic mass is 16.2. The van der Waals surface area contributed by atoms with E-state index in [-0.39, 0.29) is 5.92 Å². The van der Waals surface area contributed by atoms with Crippen LogP contribution in [0, 0.1) is 11.8 Å². The normalized spacial score (nSPS) is 29.8. The summed E-state index contributed by atoms with van der Waals surface area (Å²) in [5.41, 5.74) is 0. The molecule has 0 N–H and O–H groups in total. The van der Waals surface area contributed by atoms with Crippen LogP contribution in [-0.4, -0.2) is 48.9 Å². The van der Waals surface area contributed by atoms with Crippen LogP contribution < -0.4 is 0 Å². The molecule has 2 fully saturated rings. The van der Waals surface area contributed by atoms with Crippen LogP contribution in [0.5, 0.6) is 0 Å². The van der Waals surface area contributed by atoms with Gasteiger partial charge in [0, 0.05) is 19.6 Å². The molecule has 0 aromatic heterocycles. The molecule has 0 spiro atoms. The van der Waals surface area contributed by atoms with E-state index in [9.17, 15) is 4.79 Å². The second kappa shape index (κ2) is 7.00. The van der Waals surface area contributed by atoms with Crippen molar-refractivity contribution in [3.05, 3.63) is 0 Å². The highest BCUT2D eigenvalue weighted by molar-refractivity contribution is 5.79. The molecule has 2 saturated heterocycles. The number of nitrogens with zero attached hydrogens (tertiary/aromatic N) is 2. The summed E-state index contributed by atoms with van der Waals surface area (Å²) in [6, 6.07) is 0. The second-order valence-electron chi connectivity index (χ2n) is 5.28. The Labute approximate surface area is 106 Å². The maximum Gasteiger partial charge on any atom is 0.226 e. The van der Waals surface area contributed by atoms with Crippen LogP contribution in [0.15, 0.2) is 0 Å². The molecule has 3 nitrogen and oxygen atoms in total. The molecule has 100 valence electrons. The van der Waals surface area contributed by atoms with Gasteiger partial charge in [0.2, 0.25) is 5.91 Å². The number of rotatable bonds is 1. The molecule has 0 aromatic carbocycles. The smallest absolute Gasteiger partial charge is 0.226 e. The van der Waals surface area contributed by atoms with E-state index in [4.69, 9.17) is 0 Å². The van der Waals surface area contributed by atoms with Gasteiger partial charge in [-0.1, -0.05) is 20.8 Å². The minimum absolute atomic E-state index is 0.272. The lowest BCUT2D eigenvalue weighted by atomic mass is 9.97. The average molecular weight is 240 g/mol. The Morgan fingerprint density at radius 1 is 1.12 bits per heavy atom. The molecule has 2 unspecified atom stereocenters. The first-order valence-corrected chi connectivity index (χ1v) is 7.14. The maximum atomic E-state index is 12.2. The summed E-state index contributed by atoms with van der Waals surface area (Å²) >= 11 is 0. The van der Waals surface area contributed by atoms with E-state index in [0.717, 1.165) is 32.6 Å². The third kappa shape index (κ3) is 3.98. The van der Waals surface area contributed by atoms with Crippen molar-refractivity contribution in [2.45, 2.75) is 40.0 Å². The minimum atomic E-state index is 0.272. The molecule has 2 atom stereocenters. The van der Waals surface area contributed by atoms with Crippen molar-refractivity contribution in [2.75, 3.05) is 33.2 Å². The van der Waals surface area contributed by atoms with E-state index in [1.807, 2.05) is 13.8 Å². The zero-order valence-corrected chi connectivity index (χ0v) is 11.9. The van der Waals surface area contributed by atoms with Gasteiger partial charge in [-0.3, -0.25) is 4.79 Å². The van der Waals surface area contributed by atoms with Crippen LogP contribution in [0.1, 0.15) is 40.0 Å². The Morgan fingerprint density at radius 2 is 1.82 bits per heavy atom. The quantitative estimate of drug-likeness (QED) is 0.701. The number of amides is 1. The van der Waals surface area contributed by atoms with E-state index in [2.05, 4.69) is 23.8 Å². The van der Waals surface area contributed by atoms with Gasteiger partial charge in [0.1, 0.15) is 0 Å². The Morgan fingerprint density at radius 3 is 2.35 bits per heavy atom. The summed E-state index contributed by atoms with van der Waals surface area (Å²) in [4.78, 5) is 16.6. The molecule has 3 heteroatoms. The summed E-state index contributed by atoms with van der Waals surface area (Å²) in [6.07, 6.45) is 3.46. The highest BCUT2D eigenvalue weighted by Gasteiger charge is 2.31. The standard InChI is InChI=1S/C12H22N2O.C2H6/c1-10-5-7-14(8-10)12(15)11-4-3-6-13(2)9-11;1-2/h10-11H,3-9H2,1-2H3;1-2H3. The second-order valence-corrected chi connectivity index (χ2v) is 5.28. The van der Waals surface area contributed by atoms with Crippen molar-refractivity contribution in [1.82, 2.24) is 9.80 Å². The Balaban J connectivity index is 0.000000686. The minimum Gasteiger partial charge on any atom is -0.342 e. The zero-order chi connectivity index (χ0) is 12.8. The number of piperidine rings is 1. The van der Waals surface area contributed by atoms with Gasteiger partial charge >= 0.3 is 0 Å². The summed E-state index contributed by atoms with van der Waals surface area (Å²) in [6.45, 7) is 10.3. The average Bonchev–Trinajstić information content (AvgIpc) is 2.77. The monoisotopic (exact) mass is 240 g/mol. The Kier molecular flexibility index (Phi) is 5.96. The van der Waals surface area contributed by atoms with Crippen molar-refractivity contribution < 1.29 is 4.79 Å². The first-order chi connectivity index (χ1) is 8.16. The lowest BCUT2D eigenvalue weighted by Crippen LogP contribution is -2.42. The molecular weight excluding hydrogens is 212 g/mol. The first kappa shape index (κ1) is 14.5. The van der Waals surface area contributed by atoms with Crippen LogP contribution >= 0.6 is 0 Å². The highest BCUT2D eigenvalue weighted by Crippen LogP contribution is 2.22. The predicted octanol–water partition coefficient (Wildman–Crippen LogP) is 2.22. The SMILES string of the molecule is CC.CC1CCN(C(=O)C2CCCN(C)C2)C1. The number of carbonyl (C=O) groups is 1. The van der Waals surface area contributed by atoms with Crippen LogP contribution in [0.3, 0.4) is 0 Å². The molecule has 0 aliphatic carbocycles. The third-order valence-electron chi connectivity index (χ3n) is 3.71. The lowest BCUT2D eigenvalue weighted by molar-refractivity contribution is -0.136. The van der Waals surface area contributed by atoms with Gasteiger partial charge in [-0.15, -0.1) is 0 Å². The number of hydrogen-bond donors (Lipinski definition) is 0. The summed E-state index contributed by atoms with van der Waals surface area (Å²) < 4.78 is 0. The van der Waals surface area contributed by atoms with E-state index in [0.29, 0.717) is 11.8 Å². The molecule has 17 heavy (non-hydrogen) atoms. The first-order valence-electron chi connectivity index (χ1n) is 7.14. The van der Waals surface area contributed by atoms with Gasteiger partial charge in [-0.25, -0.2) is 0 Å². The zero-order valence-electron chi connectivity index (χ0n) is 11.9. The van der Waals surface area contributed by atoms with Crippen molar-refractivity contribution in [2.24, 2.45) is 11.8 Å². The third-order valence-corrected chi connectivity index (χ3v) is 3.71. The Bertz CT molecular complexity index is 242. The van der Waals surface area contributed by atoms with Crippen molar-refractivity contribution in [1.29, 1.82) is 0 Å². The molecule has 2 aliphatic heterocycles. The van der Waals surface area contributed by atoms with Gasteiger partial charge in [0.15, 0.2) is 0 Å². The fraction of sp³-hybridized carbons (Fsp3) is 0.929. The van der Waals surface area contributed by atoms with Crippen molar-refractivity contribution in [3.8, 4) is 0 Å². The van der Waals surface area contributed by atoms with E-state index in [1.165, 1.54) is 12.8 Å². The van der Waals surface area contributed by atoms with Crippen molar-refractivity contribution in [3.63, 3.8) is 0 Å². The van der Waals surface area contributed by atoms with Crippen LogP contribution in [0.2, 0.25) is 0 Å². The molecule has 1 amide bonds. The number of hydrogen-bond acceptors (Lipinski definition) is 2. The van der Waals surface area contributed by atoms with Crippen LogP contribution in [0.4, 0.5) is 0 Å². The van der Waals surface area contributed by atoms with Crippen molar-refractivity contribution >= 4 is 5.91 Å². The predicted molar refractivity (Wildman–Crippen MR) is 71.9 cm³/mol. The Hall–Kier alpha value is -0.570. The molecule has 0 radical (unpaired) electrons. The van der Waals surface area contributed by atoms with Gasteiger partial charge in [-0.05, 0) is 38.8 Å². The summed E-state index contributed by atoms with van der Waals surface area (Å²) in [5.74, 6) is 1.38. The summed E-state index contributed by atoms with van der Waals surface area (Å²) in [7, 11) is 2.12. The van der Waals surface area contributed by atoms with E-state index >= 15 is 0 Å². The molecule has 2 heterocycles.